The van der Waals surface area contributed by atoms with Gasteiger partial charge in [0.25, 0.3) is 0 Å². The second-order valence-electron chi connectivity index (χ2n) is 6.13. The van der Waals surface area contributed by atoms with E-state index in [0.29, 0.717) is 48.9 Å². The molecule has 0 atom stereocenters. The van der Waals surface area contributed by atoms with Crippen LogP contribution in [0, 0.1) is 12.7 Å². The number of piperazine rings is 1. The van der Waals surface area contributed by atoms with E-state index in [2.05, 4.69) is 4.90 Å². The first kappa shape index (κ1) is 18.3. The molecule has 2 aromatic rings. The van der Waals surface area contributed by atoms with E-state index in [0.717, 1.165) is 0 Å². The normalized spacial score (nSPS) is 16.9. The number of rotatable bonds is 4. The molecule has 1 aliphatic rings. The maximum absolute atomic E-state index is 13.8. The Morgan fingerprint density at radius 2 is 1.72 bits per heavy atom. The first-order valence-corrected chi connectivity index (χ1v) is 9.92. The Morgan fingerprint density at radius 3 is 2.40 bits per heavy atom. The molecule has 1 saturated heterocycles. The Kier molecular flexibility index (Phi) is 5.43. The van der Waals surface area contributed by atoms with Gasteiger partial charge >= 0.3 is 0 Å². The molecule has 1 fully saturated rings. The van der Waals surface area contributed by atoms with Crippen molar-refractivity contribution >= 4 is 21.6 Å². The summed E-state index contributed by atoms with van der Waals surface area (Å²) in [5.41, 5.74) is 1.20. The summed E-state index contributed by atoms with van der Waals surface area (Å²) in [4.78, 5) is 2.32. The Morgan fingerprint density at radius 1 is 1.04 bits per heavy atom. The van der Waals surface area contributed by atoms with Crippen molar-refractivity contribution in [3.63, 3.8) is 0 Å². The van der Waals surface area contributed by atoms with Crippen LogP contribution in [0.2, 0.25) is 5.02 Å². The minimum Gasteiger partial charge on any atom is -0.296 e. The molecule has 0 spiro atoms. The Bertz CT molecular complexity index is 865. The molecule has 134 valence electrons. The van der Waals surface area contributed by atoms with Crippen molar-refractivity contribution in [2.24, 2.45) is 0 Å². The third kappa shape index (κ3) is 3.87. The molecule has 0 unspecified atom stereocenters. The first-order valence-electron chi connectivity index (χ1n) is 8.10. The minimum atomic E-state index is -3.57. The van der Waals surface area contributed by atoms with Gasteiger partial charge in [-0.25, -0.2) is 12.8 Å². The molecule has 4 nitrogen and oxygen atoms in total. The van der Waals surface area contributed by atoms with Gasteiger partial charge in [-0.3, -0.25) is 4.90 Å². The lowest BCUT2D eigenvalue weighted by Crippen LogP contribution is -2.48. The molecule has 0 bridgehead atoms. The molecule has 25 heavy (non-hydrogen) atoms. The van der Waals surface area contributed by atoms with Crippen LogP contribution in [0.5, 0.6) is 0 Å². The molecule has 0 N–H and O–H groups in total. The largest absolute Gasteiger partial charge is 0.296 e. The fourth-order valence-electron chi connectivity index (χ4n) is 3.00. The lowest BCUT2D eigenvalue weighted by Gasteiger charge is -2.34. The Labute approximate surface area is 152 Å². The SMILES string of the molecule is Cc1c(Cl)cccc1S(=O)(=O)N1CCN(Cc2ccccc2F)CC1. The predicted octanol–water partition coefficient (Wildman–Crippen LogP) is 3.29. The summed E-state index contributed by atoms with van der Waals surface area (Å²) >= 11 is 6.06. The van der Waals surface area contributed by atoms with E-state index in [4.69, 9.17) is 11.6 Å². The van der Waals surface area contributed by atoms with E-state index in [1.165, 1.54) is 10.4 Å². The van der Waals surface area contributed by atoms with Gasteiger partial charge in [0, 0.05) is 43.3 Å². The number of halogens is 2. The van der Waals surface area contributed by atoms with Crippen LogP contribution in [-0.4, -0.2) is 43.8 Å². The van der Waals surface area contributed by atoms with E-state index in [1.807, 2.05) is 0 Å². The van der Waals surface area contributed by atoms with Crippen molar-refractivity contribution in [3.8, 4) is 0 Å². The van der Waals surface area contributed by atoms with Crippen LogP contribution >= 0.6 is 11.6 Å². The van der Waals surface area contributed by atoms with Gasteiger partial charge in [-0.15, -0.1) is 0 Å². The zero-order valence-corrected chi connectivity index (χ0v) is 15.5. The number of hydrogen-bond donors (Lipinski definition) is 0. The van der Waals surface area contributed by atoms with Crippen molar-refractivity contribution in [2.75, 3.05) is 26.2 Å². The standard InChI is InChI=1S/C18H20ClFN2O2S/c1-14-16(19)6-4-8-18(14)25(23,24)22-11-9-21(10-12-22)13-15-5-2-3-7-17(15)20/h2-8H,9-13H2,1H3. The van der Waals surface area contributed by atoms with E-state index in [1.54, 1.807) is 43.3 Å². The average molecular weight is 383 g/mol. The summed E-state index contributed by atoms with van der Waals surface area (Å²) in [7, 11) is -3.57. The van der Waals surface area contributed by atoms with E-state index >= 15 is 0 Å². The Balaban J connectivity index is 1.69. The number of hydrogen-bond acceptors (Lipinski definition) is 3. The van der Waals surface area contributed by atoms with Crippen LogP contribution in [-0.2, 0) is 16.6 Å². The smallest absolute Gasteiger partial charge is 0.243 e. The van der Waals surface area contributed by atoms with Crippen molar-refractivity contribution in [3.05, 3.63) is 64.4 Å². The van der Waals surface area contributed by atoms with Gasteiger partial charge in [-0.05, 0) is 30.7 Å². The lowest BCUT2D eigenvalue weighted by molar-refractivity contribution is 0.180. The van der Waals surface area contributed by atoms with Crippen LogP contribution in [0.4, 0.5) is 4.39 Å². The Hall–Kier alpha value is -1.47. The van der Waals surface area contributed by atoms with E-state index < -0.39 is 10.0 Å². The molecule has 0 saturated carbocycles. The van der Waals surface area contributed by atoms with Gasteiger partial charge < -0.3 is 0 Å². The second-order valence-corrected chi connectivity index (χ2v) is 8.45. The van der Waals surface area contributed by atoms with Crippen LogP contribution in [0.1, 0.15) is 11.1 Å². The third-order valence-electron chi connectivity index (χ3n) is 4.52. The molecular formula is C18H20ClFN2O2S. The summed E-state index contributed by atoms with van der Waals surface area (Å²) in [6.07, 6.45) is 0. The summed E-state index contributed by atoms with van der Waals surface area (Å²) in [5.74, 6) is -0.230. The first-order chi connectivity index (χ1) is 11.9. The maximum atomic E-state index is 13.8. The van der Waals surface area contributed by atoms with Crippen LogP contribution in [0.3, 0.4) is 0 Å². The van der Waals surface area contributed by atoms with Crippen LogP contribution < -0.4 is 0 Å². The highest BCUT2D eigenvalue weighted by Crippen LogP contribution is 2.26. The molecule has 7 heteroatoms. The van der Waals surface area contributed by atoms with Crippen LogP contribution in [0.25, 0.3) is 0 Å². The highest BCUT2D eigenvalue weighted by molar-refractivity contribution is 7.89. The molecule has 1 aliphatic heterocycles. The topological polar surface area (TPSA) is 40.6 Å². The summed E-state index contributed by atoms with van der Waals surface area (Å²) < 4.78 is 41.0. The number of benzene rings is 2. The molecule has 0 radical (unpaired) electrons. The number of sulfonamides is 1. The zero-order chi connectivity index (χ0) is 18.0. The van der Waals surface area contributed by atoms with E-state index in [9.17, 15) is 12.8 Å². The highest BCUT2D eigenvalue weighted by atomic mass is 35.5. The quantitative estimate of drug-likeness (QED) is 0.814. The van der Waals surface area contributed by atoms with Crippen molar-refractivity contribution in [2.45, 2.75) is 18.4 Å². The minimum absolute atomic E-state index is 0.230. The van der Waals surface area contributed by atoms with Crippen LogP contribution in [0.15, 0.2) is 47.4 Å². The predicted molar refractivity (Wildman–Crippen MR) is 96.6 cm³/mol. The van der Waals surface area contributed by atoms with E-state index in [-0.39, 0.29) is 10.7 Å². The lowest BCUT2D eigenvalue weighted by atomic mass is 10.2. The molecular weight excluding hydrogens is 363 g/mol. The fourth-order valence-corrected chi connectivity index (χ4v) is 4.90. The highest BCUT2D eigenvalue weighted by Gasteiger charge is 2.30. The number of nitrogens with zero attached hydrogens (tertiary/aromatic N) is 2. The fraction of sp³-hybridized carbons (Fsp3) is 0.333. The summed E-state index contributed by atoms with van der Waals surface area (Å²) in [6.45, 7) is 4.08. The monoisotopic (exact) mass is 382 g/mol. The molecule has 2 aromatic carbocycles. The summed E-state index contributed by atoms with van der Waals surface area (Å²) in [6, 6.07) is 11.6. The van der Waals surface area contributed by atoms with Gasteiger partial charge in [0.15, 0.2) is 0 Å². The van der Waals surface area contributed by atoms with Gasteiger partial charge in [0.05, 0.1) is 4.90 Å². The van der Waals surface area contributed by atoms with Gasteiger partial charge in [0.2, 0.25) is 10.0 Å². The molecule has 3 rings (SSSR count). The third-order valence-corrected chi connectivity index (χ3v) is 6.97. The van der Waals surface area contributed by atoms with Crippen molar-refractivity contribution in [1.82, 2.24) is 9.21 Å². The molecule has 0 amide bonds. The molecule has 0 aliphatic carbocycles. The van der Waals surface area contributed by atoms with Crippen molar-refractivity contribution in [1.29, 1.82) is 0 Å². The van der Waals surface area contributed by atoms with Crippen molar-refractivity contribution < 1.29 is 12.8 Å². The zero-order valence-electron chi connectivity index (χ0n) is 14.0. The average Bonchev–Trinajstić information content (AvgIpc) is 2.60. The summed E-state index contributed by atoms with van der Waals surface area (Å²) in [5, 5.41) is 0.444. The maximum Gasteiger partial charge on any atom is 0.243 e. The van der Waals surface area contributed by atoms with Gasteiger partial charge in [-0.2, -0.15) is 4.31 Å². The second kappa shape index (κ2) is 7.41. The van der Waals surface area contributed by atoms with Gasteiger partial charge in [-0.1, -0.05) is 35.9 Å². The van der Waals surface area contributed by atoms with Gasteiger partial charge in [0.1, 0.15) is 5.82 Å². The molecule has 1 heterocycles. The molecule has 0 aromatic heterocycles.